The Bertz CT molecular complexity index is 606. The van der Waals surface area contributed by atoms with E-state index in [1.165, 1.54) is 0 Å². The predicted octanol–water partition coefficient (Wildman–Crippen LogP) is 2.51. The molecule has 2 aromatic rings. The molecule has 104 valence electrons. The van der Waals surface area contributed by atoms with Gasteiger partial charge in [-0.25, -0.2) is 0 Å². The number of hydrogen-bond acceptors (Lipinski definition) is 3. The average molecular weight is 270 g/mol. The summed E-state index contributed by atoms with van der Waals surface area (Å²) in [6, 6.07) is 9.86. The molecule has 0 radical (unpaired) electrons. The first-order valence-electron chi connectivity index (χ1n) is 6.83. The van der Waals surface area contributed by atoms with E-state index < -0.39 is 0 Å². The maximum absolute atomic E-state index is 12.6. The Hall–Kier alpha value is -2.30. The quantitative estimate of drug-likeness (QED) is 0.881. The molecule has 0 spiro atoms. The zero-order valence-corrected chi connectivity index (χ0v) is 11.6. The van der Waals surface area contributed by atoms with Crippen molar-refractivity contribution in [1.82, 2.24) is 10.2 Å². The van der Waals surface area contributed by atoms with Crippen molar-refractivity contribution in [2.75, 3.05) is 16.8 Å². The van der Waals surface area contributed by atoms with Gasteiger partial charge in [0.25, 0.3) is 5.91 Å². The number of rotatable bonds is 2. The lowest BCUT2D eigenvalue weighted by molar-refractivity contribution is 0.0979. The smallest absolute Gasteiger partial charge is 0.276 e. The summed E-state index contributed by atoms with van der Waals surface area (Å²) >= 11 is 0. The number of aromatic amines is 1. The standard InChI is InChI=1S/C15H18N4O/c1-10(2)13-9-19(15(20)12-7-8-16-18-12)14-6-4-3-5-11(14)17-13/h3-8,10,13,17H,9H2,1-2H3,(H,16,18)/t13-/m0/s1. The first-order valence-corrected chi connectivity index (χ1v) is 6.83. The summed E-state index contributed by atoms with van der Waals surface area (Å²) in [7, 11) is 0. The maximum Gasteiger partial charge on any atom is 0.276 e. The van der Waals surface area contributed by atoms with E-state index in [9.17, 15) is 4.79 Å². The van der Waals surface area contributed by atoms with Crippen LogP contribution in [0.15, 0.2) is 36.5 Å². The van der Waals surface area contributed by atoms with Gasteiger partial charge >= 0.3 is 0 Å². The van der Waals surface area contributed by atoms with Crippen LogP contribution in [0.2, 0.25) is 0 Å². The first-order chi connectivity index (χ1) is 9.66. The van der Waals surface area contributed by atoms with Gasteiger partial charge in [0, 0.05) is 18.8 Å². The van der Waals surface area contributed by atoms with Crippen LogP contribution in [-0.2, 0) is 0 Å². The third-order valence-corrected chi connectivity index (χ3v) is 3.70. The minimum atomic E-state index is -0.0397. The third kappa shape index (κ3) is 2.15. The highest BCUT2D eigenvalue weighted by molar-refractivity contribution is 6.07. The molecule has 0 unspecified atom stereocenters. The van der Waals surface area contributed by atoms with Gasteiger partial charge in [0.2, 0.25) is 0 Å². The molecule has 0 saturated heterocycles. The maximum atomic E-state index is 12.6. The Balaban J connectivity index is 1.99. The minimum absolute atomic E-state index is 0.0397. The number of hydrogen-bond donors (Lipinski definition) is 2. The lowest BCUT2D eigenvalue weighted by atomic mass is 9.99. The number of aromatic nitrogens is 2. The fourth-order valence-electron chi connectivity index (χ4n) is 2.46. The number of nitrogens with zero attached hydrogens (tertiary/aromatic N) is 2. The fourth-order valence-corrected chi connectivity index (χ4v) is 2.46. The van der Waals surface area contributed by atoms with Gasteiger partial charge in [-0.1, -0.05) is 26.0 Å². The zero-order chi connectivity index (χ0) is 14.1. The van der Waals surface area contributed by atoms with E-state index in [2.05, 4.69) is 29.4 Å². The molecular formula is C15H18N4O. The van der Waals surface area contributed by atoms with E-state index >= 15 is 0 Å². The molecule has 1 amide bonds. The zero-order valence-electron chi connectivity index (χ0n) is 11.6. The van der Waals surface area contributed by atoms with Gasteiger partial charge in [-0.3, -0.25) is 9.89 Å². The van der Waals surface area contributed by atoms with Crippen LogP contribution < -0.4 is 10.2 Å². The van der Waals surface area contributed by atoms with Crippen LogP contribution in [0.1, 0.15) is 24.3 Å². The number of H-pyrrole nitrogens is 1. The summed E-state index contributed by atoms with van der Waals surface area (Å²) in [6.45, 7) is 4.97. The predicted molar refractivity (Wildman–Crippen MR) is 79.0 cm³/mol. The Morgan fingerprint density at radius 2 is 2.15 bits per heavy atom. The number of carbonyl (C=O) groups is 1. The average Bonchev–Trinajstić information content (AvgIpc) is 2.99. The third-order valence-electron chi connectivity index (χ3n) is 3.70. The van der Waals surface area contributed by atoms with Gasteiger partial charge in [0.1, 0.15) is 5.69 Å². The van der Waals surface area contributed by atoms with Crippen molar-refractivity contribution in [2.24, 2.45) is 5.92 Å². The summed E-state index contributed by atoms with van der Waals surface area (Å²) in [6.07, 6.45) is 1.60. The molecule has 0 bridgehead atoms. The van der Waals surface area contributed by atoms with E-state index in [0.29, 0.717) is 18.2 Å². The van der Waals surface area contributed by atoms with Crippen molar-refractivity contribution in [3.05, 3.63) is 42.2 Å². The van der Waals surface area contributed by atoms with E-state index in [1.807, 2.05) is 29.2 Å². The normalized spacial score (nSPS) is 17.8. The van der Waals surface area contributed by atoms with Gasteiger partial charge in [0.15, 0.2) is 0 Å². The second-order valence-corrected chi connectivity index (χ2v) is 5.40. The highest BCUT2D eigenvalue weighted by Crippen LogP contribution is 2.32. The van der Waals surface area contributed by atoms with Crippen LogP contribution in [0.5, 0.6) is 0 Å². The number of amides is 1. The molecule has 3 rings (SSSR count). The summed E-state index contributed by atoms with van der Waals surface area (Å²) in [4.78, 5) is 14.4. The van der Waals surface area contributed by atoms with Crippen LogP contribution in [0.3, 0.4) is 0 Å². The van der Waals surface area contributed by atoms with Crippen LogP contribution in [0.4, 0.5) is 11.4 Å². The molecule has 0 saturated carbocycles. The summed E-state index contributed by atoms with van der Waals surface area (Å²) in [5.41, 5.74) is 2.44. The van der Waals surface area contributed by atoms with Crippen molar-refractivity contribution < 1.29 is 4.79 Å². The van der Waals surface area contributed by atoms with Gasteiger partial charge in [0.05, 0.1) is 11.4 Å². The molecule has 5 heteroatoms. The Kier molecular flexibility index (Phi) is 3.18. The Morgan fingerprint density at radius 1 is 1.35 bits per heavy atom. The molecule has 1 aliphatic heterocycles. The molecule has 0 aliphatic carbocycles. The van der Waals surface area contributed by atoms with Crippen LogP contribution in [0, 0.1) is 5.92 Å². The molecule has 2 heterocycles. The number of fused-ring (bicyclic) bond motifs is 1. The topological polar surface area (TPSA) is 61.0 Å². The van der Waals surface area contributed by atoms with Crippen molar-refractivity contribution >= 4 is 17.3 Å². The second-order valence-electron chi connectivity index (χ2n) is 5.40. The van der Waals surface area contributed by atoms with Crippen LogP contribution in [0.25, 0.3) is 0 Å². The molecule has 1 atom stereocenters. The summed E-state index contributed by atoms with van der Waals surface area (Å²) < 4.78 is 0. The van der Waals surface area contributed by atoms with Gasteiger partial charge in [-0.2, -0.15) is 5.10 Å². The van der Waals surface area contributed by atoms with Gasteiger partial charge < -0.3 is 10.2 Å². The number of carbonyl (C=O) groups excluding carboxylic acids is 1. The molecule has 1 aliphatic rings. The number of anilines is 2. The SMILES string of the molecule is CC(C)[C@@H]1CN(C(=O)c2ccn[nH]2)c2ccccc2N1. The Labute approximate surface area is 118 Å². The molecular weight excluding hydrogens is 252 g/mol. The fraction of sp³-hybridized carbons (Fsp3) is 0.333. The summed E-state index contributed by atoms with van der Waals surface area (Å²) in [5, 5.41) is 10.1. The molecule has 0 fully saturated rings. The number of para-hydroxylation sites is 2. The van der Waals surface area contributed by atoms with E-state index in [1.54, 1.807) is 12.3 Å². The van der Waals surface area contributed by atoms with E-state index in [-0.39, 0.29) is 11.9 Å². The molecule has 2 N–H and O–H groups in total. The molecule has 1 aromatic heterocycles. The van der Waals surface area contributed by atoms with Crippen LogP contribution in [-0.4, -0.2) is 28.7 Å². The highest BCUT2D eigenvalue weighted by Gasteiger charge is 2.30. The van der Waals surface area contributed by atoms with E-state index in [0.717, 1.165) is 11.4 Å². The van der Waals surface area contributed by atoms with Gasteiger partial charge in [-0.05, 0) is 24.1 Å². The van der Waals surface area contributed by atoms with Crippen molar-refractivity contribution in [2.45, 2.75) is 19.9 Å². The summed E-state index contributed by atoms with van der Waals surface area (Å²) in [5.74, 6) is 0.405. The number of benzene rings is 1. The lowest BCUT2D eigenvalue weighted by Crippen LogP contribution is -2.47. The largest absolute Gasteiger partial charge is 0.379 e. The molecule has 5 nitrogen and oxygen atoms in total. The Morgan fingerprint density at radius 3 is 2.85 bits per heavy atom. The van der Waals surface area contributed by atoms with Crippen LogP contribution >= 0.6 is 0 Å². The first kappa shape index (κ1) is 12.7. The van der Waals surface area contributed by atoms with Gasteiger partial charge in [-0.15, -0.1) is 0 Å². The highest BCUT2D eigenvalue weighted by atomic mass is 16.2. The second kappa shape index (κ2) is 5.00. The van der Waals surface area contributed by atoms with Crippen molar-refractivity contribution in [1.29, 1.82) is 0 Å². The number of nitrogens with one attached hydrogen (secondary N) is 2. The minimum Gasteiger partial charge on any atom is -0.379 e. The van der Waals surface area contributed by atoms with Crippen molar-refractivity contribution in [3.63, 3.8) is 0 Å². The molecule has 1 aromatic carbocycles. The van der Waals surface area contributed by atoms with E-state index in [4.69, 9.17) is 0 Å². The monoisotopic (exact) mass is 270 g/mol. The lowest BCUT2D eigenvalue weighted by Gasteiger charge is -2.37. The molecule has 20 heavy (non-hydrogen) atoms. The van der Waals surface area contributed by atoms with Crippen molar-refractivity contribution in [3.8, 4) is 0 Å².